The molecule has 20 heavy (non-hydrogen) atoms. The van der Waals surface area contributed by atoms with Crippen LogP contribution in [0.3, 0.4) is 0 Å². The summed E-state index contributed by atoms with van der Waals surface area (Å²) in [5.41, 5.74) is 0.728. The number of hydrogen-bond donors (Lipinski definition) is 0. The lowest BCUT2D eigenvalue weighted by atomic mass is 10.1. The van der Waals surface area contributed by atoms with E-state index in [0.29, 0.717) is 17.7 Å². The second-order valence-electron chi connectivity index (χ2n) is 4.95. The summed E-state index contributed by atoms with van der Waals surface area (Å²) >= 11 is 0. The smallest absolute Gasteiger partial charge is 0.282 e. The first-order valence-corrected chi connectivity index (χ1v) is 6.49. The van der Waals surface area contributed by atoms with Crippen LogP contribution in [0.25, 0.3) is 0 Å². The number of rotatable bonds is 2. The highest BCUT2D eigenvalue weighted by atomic mass is 19.1. The van der Waals surface area contributed by atoms with E-state index in [-0.39, 0.29) is 19.0 Å². The van der Waals surface area contributed by atoms with Crippen molar-refractivity contribution >= 4 is 5.91 Å². The first-order chi connectivity index (χ1) is 9.50. The lowest BCUT2D eigenvalue weighted by molar-refractivity contribution is -0.136. The maximum atomic E-state index is 13.7. The zero-order valence-corrected chi connectivity index (χ0v) is 11.5. The van der Waals surface area contributed by atoms with E-state index in [1.165, 1.54) is 11.0 Å². The molecule has 0 radical (unpaired) electrons. The van der Waals surface area contributed by atoms with Gasteiger partial charge in [0, 0.05) is 12.1 Å². The molecule has 2 rings (SSSR count). The first kappa shape index (κ1) is 14.7. The van der Waals surface area contributed by atoms with Gasteiger partial charge in [-0.15, -0.1) is 0 Å². The predicted octanol–water partition coefficient (Wildman–Crippen LogP) is 2.99. The molecule has 108 valence electrons. The number of allylic oxidation sites excluding steroid dienone is 1. The Bertz CT molecular complexity index is 538. The highest BCUT2D eigenvalue weighted by Crippen LogP contribution is 2.25. The molecular weight excluding hydrogens is 264 g/mol. The Morgan fingerprint density at radius 3 is 2.70 bits per heavy atom. The van der Waals surface area contributed by atoms with Gasteiger partial charge in [0.2, 0.25) is 0 Å². The Morgan fingerprint density at radius 1 is 1.35 bits per heavy atom. The van der Waals surface area contributed by atoms with Gasteiger partial charge < -0.3 is 9.64 Å². The number of benzene rings is 1. The average molecular weight is 281 g/mol. The van der Waals surface area contributed by atoms with Crippen LogP contribution >= 0.6 is 0 Å². The maximum absolute atomic E-state index is 13.7. The minimum absolute atomic E-state index is 0.153. The molecule has 1 aliphatic rings. The molecule has 0 aromatic heterocycles. The van der Waals surface area contributed by atoms with Crippen LogP contribution in [-0.4, -0.2) is 30.5 Å². The zero-order valence-electron chi connectivity index (χ0n) is 11.5. The third kappa shape index (κ3) is 3.04. The second-order valence-corrected chi connectivity index (χ2v) is 4.95. The van der Waals surface area contributed by atoms with Crippen LogP contribution in [0.15, 0.2) is 35.7 Å². The molecular formula is C15H17F2NO2. The Kier molecular flexibility index (Phi) is 4.49. The van der Waals surface area contributed by atoms with Gasteiger partial charge in [-0.2, -0.15) is 0 Å². The summed E-state index contributed by atoms with van der Waals surface area (Å²) in [5, 5.41) is 0. The van der Waals surface area contributed by atoms with Gasteiger partial charge in [-0.25, -0.2) is 8.78 Å². The van der Waals surface area contributed by atoms with Crippen molar-refractivity contribution in [1.82, 2.24) is 4.90 Å². The number of halogens is 2. The third-order valence-electron chi connectivity index (χ3n) is 3.23. The quantitative estimate of drug-likeness (QED) is 0.780. The first-order valence-electron chi connectivity index (χ1n) is 6.49. The van der Waals surface area contributed by atoms with Crippen LogP contribution in [0.5, 0.6) is 0 Å². The molecule has 1 atom stereocenters. The monoisotopic (exact) mass is 281 g/mol. The molecule has 0 aliphatic carbocycles. The van der Waals surface area contributed by atoms with Gasteiger partial charge in [0.1, 0.15) is 11.9 Å². The molecule has 0 bridgehead atoms. The molecule has 0 spiro atoms. The molecule has 1 aromatic rings. The van der Waals surface area contributed by atoms with Gasteiger partial charge in [-0.3, -0.25) is 4.79 Å². The molecule has 1 fully saturated rings. The highest BCUT2D eigenvalue weighted by Gasteiger charge is 2.29. The standard InChI is InChI=1S/C15H17F2NO2/c1-10(2)14(17)15(19)18-7-8-20-13(9-18)11-5-3-4-6-12(11)16/h3-6,13H,7-9H2,1-2H3. The zero-order chi connectivity index (χ0) is 14.7. The largest absolute Gasteiger partial charge is 0.370 e. The van der Waals surface area contributed by atoms with E-state index in [1.807, 2.05) is 0 Å². The van der Waals surface area contributed by atoms with E-state index < -0.39 is 17.8 Å². The third-order valence-corrected chi connectivity index (χ3v) is 3.23. The van der Waals surface area contributed by atoms with E-state index >= 15 is 0 Å². The Balaban J connectivity index is 2.16. The fraction of sp³-hybridized carbons (Fsp3) is 0.400. The summed E-state index contributed by atoms with van der Waals surface area (Å²) in [6.45, 7) is 3.82. The van der Waals surface area contributed by atoms with Crippen LogP contribution < -0.4 is 0 Å². The number of carbonyl (C=O) groups is 1. The van der Waals surface area contributed by atoms with Gasteiger partial charge in [0.05, 0.1) is 13.2 Å². The van der Waals surface area contributed by atoms with Crippen molar-refractivity contribution in [2.24, 2.45) is 0 Å². The molecule has 1 amide bonds. The van der Waals surface area contributed by atoms with Crippen LogP contribution in [0.2, 0.25) is 0 Å². The summed E-state index contributed by atoms with van der Waals surface area (Å²) in [5.74, 6) is -1.79. The van der Waals surface area contributed by atoms with Crippen molar-refractivity contribution in [2.75, 3.05) is 19.7 Å². The Hall–Kier alpha value is -1.75. The van der Waals surface area contributed by atoms with Gasteiger partial charge >= 0.3 is 0 Å². The Morgan fingerprint density at radius 2 is 2.05 bits per heavy atom. The maximum Gasteiger partial charge on any atom is 0.282 e. The van der Waals surface area contributed by atoms with Crippen molar-refractivity contribution < 1.29 is 18.3 Å². The molecule has 3 nitrogen and oxygen atoms in total. The van der Waals surface area contributed by atoms with Crippen LogP contribution in [0.1, 0.15) is 25.5 Å². The van der Waals surface area contributed by atoms with Crippen molar-refractivity contribution in [3.8, 4) is 0 Å². The van der Waals surface area contributed by atoms with E-state index in [2.05, 4.69) is 0 Å². The van der Waals surface area contributed by atoms with Gasteiger partial charge in [-0.05, 0) is 25.5 Å². The fourth-order valence-corrected chi connectivity index (χ4v) is 2.11. The van der Waals surface area contributed by atoms with Crippen molar-refractivity contribution in [2.45, 2.75) is 20.0 Å². The van der Waals surface area contributed by atoms with Crippen LogP contribution in [0.4, 0.5) is 8.78 Å². The summed E-state index contributed by atoms with van der Waals surface area (Å²) in [6.07, 6.45) is -0.557. The number of amides is 1. The highest BCUT2D eigenvalue weighted by molar-refractivity contribution is 5.91. The lowest BCUT2D eigenvalue weighted by Gasteiger charge is -2.33. The van der Waals surface area contributed by atoms with E-state index in [0.717, 1.165) is 0 Å². The van der Waals surface area contributed by atoms with Crippen molar-refractivity contribution in [3.05, 3.63) is 47.0 Å². The summed E-state index contributed by atoms with van der Waals surface area (Å²) in [7, 11) is 0. The van der Waals surface area contributed by atoms with E-state index in [9.17, 15) is 13.6 Å². The normalized spacial score (nSPS) is 18.8. The molecule has 0 saturated carbocycles. The summed E-state index contributed by atoms with van der Waals surface area (Å²) in [4.78, 5) is 13.3. The average Bonchev–Trinajstić information content (AvgIpc) is 2.46. The Labute approximate surface area is 116 Å². The molecule has 5 heteroatoms. The summed E-state index contributed by atoms with van der Waals surface area (Å²) in [6, 6.07) is 6.26. The van der Waals surface area contributed by atoms with Gasteiger partial charge in [-0.1, -0.05) is 18.2 Å². The topological polar surface area (TPSA) is 29.5 Å². The minimum atomic E-state index is -0.751. The van der Waals surface area contributed by atoms with Crippen LogP contribution in [-0.2, 0) is 9.53 Å². The molecule has 1 unspecified atom stereocenters. The van der Waals surface area contributed by atoms with Gasteiger partial charge in [0.15, 0.2) is 5.83 Å². The lowest BCUT2D eigenvalue weighted by Crippen LogP contribution is -2.42. The fourth-order valence-electron chi connectivity index (χ4n) is 2.11. The number of morpholine rings is 1. The van der Waals surface area contributed by atoms with E-state index in [4.69, 9.17) is 4.74 Å². The number of carbonyl (C=O) groups excluding carboxylic acids is 1. The molecule has 1 heterocycles. The van der Waals surface area contributed by atoms with Gasteiger partial charge in [0.25, 0.3) is 5.91 Å². The number of nitrogens with zero attached hydrogens (tertiary/aromatic N) is 1. The predicted molar refractivity (Wildman–Crippen MR) is 71.2 cm³/mol. The summed E-state index contributed by atoms with van der Waals surface area (Å²) < 4.78 is 32.9. The molecule has 1 aromatic carbocycles. The second kappa shape index (κ2) is 6.13. The van der Waals surface area contributed by atoms with Crippen LogP contribution in [0, 0.1) is 5.82 Å². The number of ether oxygens (including phenoxy) is 1. The van der Waals surface area contributed by atoms with Crippen molar-refractivity contribution in [1.29, 1.82) is 0 Å². The molecule has 0 N–H and O–H groups in total. The molecule has 1 saturated heterocycles. The van der Waals surface area contributed by atoms with E-state index in [1.54, 1.807) is 32.0 Å². The minimum Gasteiger partial charge on any atom is -0.370 e. The molecule has 1 aliphatic heterocycles. The number of hydrogen-bond acceptors (Lipinski definition) is 2. The SMILES string of the molecule is CC(C)=C(F)C(=O)N1CCOC(c2ccccc2F)C1. The van der Waals surface area contributed by atoms with Crippen molar-refractivity contribution in [3.63, 3.8) is 0 Å².